The number of aromatic hydroxyl groups is 1. The van der Waals surface area contributed by atoms with E-state index < -0.39 is 0 Å². The van der Waals surface area contributed by atoms with Crippen molar-refractivity contribution in [3.8, 4) is 5.75 Å². The summed E-state index contributed by atoms with van der Waals surface area (Å²) < 4.78 is 0. The zero-order valence-electron chi connectivity index (χ0n) is 9.35. The number of nitrogens with zero attached hydrogens (tertiary/aromatic N) is 1. The third-order valence-corrected chi connectivity index (χ3v) is 2.78. The van der Waals surface area contributed by atoms with Crippen molar-refractivity contribution in [2.75, 3.05) is 0 Å². The maximum absolute atomic E-state index is 9.73. The standard InChI is InChI=1S/C13H16N2O/c1-2-4-11(14)9-6-7-12(16)10-5-3-8-15-13(9)10/h3,5-8,11,16H,2,4,14H2,1H3. The predicted octanol–water partition coefficient (Wildman–Crippen LogP) is 2.74. The van der Waals surface area contributed by atoms with E-state index >= 15 is 0 Å². The fourth-order valence-corrected chi connectivity index (χ4v) is 1.95. The minimum atomic E-state index is -0.0111. The Hall–Kier alpha value is -1.61. The van der Waals surface area contributed by atoms with E-state index in [1.807, 2.05) is 18.2 Å². The molecule has 0 saturated carbocycles. The van der Waals surface area contributed by atoms with Crippen LogP contribution in [0.25, 0.3) is 10.9 Å². The van der Waals surface area contributed by atoms with Gasteiger partial charge in [-0.3, -0.25) is 4.98 Å². The number of benzene rings is 1. The largest absolute Gasteiger partial charge is 0.507 e. The lowest BCUT2D eigenvalue weighted by Gasteiger charge is -2.13. The molecule has 0 fully saturated rings. The molecule has 0 spiro atoms. The van der Waals surface area contributed by atoms with Gasteiger partial charge in [0.1, 0.15) is 5.75 Å². The molecule has 3 nitrogen and oxygen atoms in total. The smallest absolute Gasteiger partial charge is 0.124 e. The highest BCUT2D eigenvalue weighted by atomic mass is 16.3. The molecular weight excluding hydrogens is 200 g/mol. The molecule has 84 valence electrons. The highest BCUT2D eigenvalue weighted by Gasteiger charge is 2.11. The topological polar surface area (TPSA) is 59.1 Å². The van der Waals surface area contributed by atoms with Gasteiger partial charge in [0.15, 0.2) is 0 Å². The maximum atomic E-state index is 9.73. The van der Waals surface area contributed by atoms with Crippen LogP contribution in [0.3, 0.4) is 0 Å². The van der Waals surface area contributed by atoms with Crippen molar-refractivity contribution in [2.24, 2.45) is 5.73 Å². The molecule has 2 rings (SSSR count). The van der Waals surface area contributed by atoms with E-state index in [0.29, 0.717) is 0 Å². The van der Waals surface area contributed by atoms with Crippen LogP contribution < -0.4 is 5.73 Å². The van der Waals surface area contributed by atoms with E-state index in [0.717, 1.165) is 29.3 Å². The summed E-state index contributed by atoms with van der Waals surface area (Å²) in [5.74, 6) is 0.260. The molecule has 0 amide bonds. The fourth-order valence-electron chi connectivity index (χ4n) is 1.95. The SMILES string of the molecule is CCCC(N)c1ccc(O)c2cccnc12. The van der Waals surface area contributed by atoms with E-state index in [4.69, 9.17) is 5.73 Å². The molecule has 3 N–H and O–H groups in total. The predicted molar refractivity (Wildman–Crippen MR) is 65.2 cm³/mol. The van der Waals surface area contributed by atoms with Crippen LogP contribution in [0, 0.1) is 0 Å². The number of hydrogen-bond acceptors (Lipinski definition) is 3. The molecule has 16 heavy (non-hydrogen) atoms. The summed E-state index contributed by atoms with van der Waals surface area (Å²) in [5.41, 5.74) is 7.92. The maximum Gasteiger partial charge on any atom is 0.124 e. The quantitative estimate of drug-likeness (QED) is 0.829. The van der Waals surface area contributed by atoms with Gasteiger partial charge in [0.25, 0.3) is 0 Å². The van der Waals surface area contributed by atoms with Crippen LogP contribution >= 0.6 is 0 Å². The molecule has 3 heteroatoms. The Labute approximate surface area is 94.9 Å². The van der Waals surface area contributed by atoms with Gasteiger partial charge in [-0.25, -0.2) is 0 Å². The van der Waals surface area contributed by atoms with Crippen LogP contribution in [0.2, 0.25) is 0 Å². The number of pyridine rings is 1. The average molecular weight is 216 g/mol. The zero-order chi connectivity index (χ0) is 11.5. The molecule has 0 radical (unpaired) electrons. The van der Waals surface area contributed by atoms with Crippen LogP contribution in [0.1, 0.15) is 31.4 Å². The number of rotatable bonds is 3. The lowest BCUT2D eigenvalue weighted by atomic mass is 9.99. The molecule has 1 aromatic carbocycles. The summed E-state index contributed by atoms with van der Waals surface area (Å²) in [6.07, 6.45) is 3.69. The van der Waals surface area contributed by atoms with Crippen LogP contribution in [0.5, 0.6) is 5.75 Å². The minimum Gasteiger partial charge on any atom is -0.507 e. The lowest BCUT2D eigenvalue weighted by Crippen LogP contribution is -2.10. The van der Waals surface area contributed by atoms with E-state index in [1.165, 1.54) is 0 Å². The Bertz CT molecular complexity index is 496. The summed E-state index contributed by atoms with van der Waals surface area (Å²) in [6, 6.07) is 7.22. The van der Waals surface area contributed by atoms with E-state index in [-0.39, 0.29) is 11.8 Å². The average Bonchev–Trinajstić information content (AvgIpc) is 2.30. The van der Waals surface area contributed by atoms with Crippen molar-refractivity contribution in [1.82, 2.24) is 4.98 Å². The van der Waals surface area contributed by atoms with Gasteiger partial charge in [-0.05, 0) is 30.2 Å². The van der Waals surface area contributed by atoms with E-state index in [9.17, 15) is 5.11 Å². The molecule has 1 atom stereocenters. The number of aromatic nitrogens is 1. The van der Waals surface area contributed by atoms with Gasteiger partial charge in [-0.15, -0.1) is 0 Å². The summed E-state index contributed by atoms with van der Waals surface area (Å²) >= 11 is 0. The van der Waals surface area contributed by atoms with Crippen LogP contribution in [0.4, 0.5) is 0 Å². The lowest BCUT2D eigenvalue weighted by molar-refractivity contribution is 0.481. The molecule has 0 aliphatic heterocycles. The molecular formula is C13H16N2O. The first kappa shape index (κ1) is 10.9. The first-order valence-electron chi connectivity index (χ1n) is 5.56. The molecule has 2 aromatic rings. The van der Waals surface area contributed by atoms with Gasteiger partial charge in [-0.1, -0.05) is 19.4 Å². The molecule has 1 heterocycles. The molecule has 1 aromatic heterocycles. The summed E-state index contributed by atoms with van der Waals surface area (Å²) in [5, 5.41) is 10.5. The van der Waals surface area contributed by atoms with Gasteiger partial charge in [0, 0.05) is 17.6 Å². The molecule has 0 saturated heterocycles. The molecule has 1 unspecified atom stereocenters. The molecule has 0 bridgehead atoms. The number of nitrogens with two attached hydrogens (primary N) is 1. The van der Waals surface area contributed by atoms with Crippen molar-refractivity contribution >= 4 is 10.9 Å². The van der Waals surface area contributed by atoms with Crippen LogP contribution in [-0.4, -0.2) is 10.1 Å². The molecule has 0 aliphatic rings. The zero-order valence-corrected chi connectivity index (χ0v) is 9.35. The second kappa shape index (κ2) is 4.49. The Kier molecular flexibility index (Phi) is 3.06. The van der Waals surface area contributed by atoms with E-state index in [2.05, 4.69) is 11.9 Å². The monoisotopic (exact) mass is 216 g/mol. The summed E-state index contributed by atoms with van der Waals surface area (Å²) in [7, 11) is 0. The first-order chi connectivity index (χ1) is 7.74. The van der Waals surface area contributed by atoms with E-state index in [1.54, 1.807) is 12.3 Å². The number of fused-ring (bicyclic) bond motifs is 1. The van der Waals surface area contributed by atoms with Gasteiger partial charge in [0.05, 0.1) is 5.52 Å². The second-order valence-corrected chi connectivity index (χ2v) is 3.97. The second-order valence-electron chi connectivity index (χ2n) is 3.97. The number of phenolic OH excluding ortho intramolecular Hbond substituents is 1. The summed E-state index contributed by atoms with van der Waals surface area (Å²) in [4.78, 5) is 4.31. The number of phenols is 1. The summed E-state index contributed by atoms with van der Waals surface area (Å²) in [6.45, 7) is 2.11. The minimum absolute atomic E-state index is 0.0111. The van der Waals surface area contributed by atoms with Crippen molar-refractivity contribution in [1.29, 1.82) is 0 Å². The third-order valence-electron chi connectivity index (χ3n) is 2.78. The fraction of sp³-hybridized carbons (Fsp3) is 0.308. The number of hydrogen-bond donors (Lipinski definition) is 2. The Morgan fingerprint density at radius 2 is 2.19 bits per heavy atom. The van der Waals surface area contributed by atoms with Crippen molar-refractivity contribution < 1.29 is 5.11 Å². The Balaban J connectivity index is 2.58. The van der Waals surface area contributed by atoms with Crippen molar-refractivity contribution in [3.05, 3.63) is 36.0 Å². The van der Waals surface area contributed by atoms with Crippen molar-refractivity contribution in [2.45, 2.75) is 25.8 Å². The normalized spacial score (nSPS) is 12.9. The van der Waals surface area contributed by atoms with Gasteiger partial charge < -0.3 is 10.8 Å². The first-order valence-corrected chi connectivity index (χ1v) is 5.56. The van der Waals surface area contributed by atoms with Crippen LogP contribution in [-0.2, 0) is 0 Å². The molecule has 0 aliphatic carbocycles. The third kappa shape index (κ3) is 1.86. The van der Waals surface area contributed by atoms with Gasteiger partial charge >= 0.3 is 0 Å². The Morgan fingerprint density at radius 1 is 1.38 bits per heavy atom. The Morgan fingerprint density at radius 3 is 2.94 bits per heavy atom. The highest BCUT2D eigenvalue weighted by Crippen LogP contribution is 2.29. The van der Waals surface area contributed by atoms with Gasteiger partial charge in [-0.2, -0.15) is 0 Å². The van der Waals surface area contributed by atoms with Crippen LogP contribution in [0.15, 0.2) is 30.5 Å². The van der Waals surface area contributed by atoms with Gasteiger partial charge in [0.2, 0.25) is 0 Å². The highest BCUT2D eigenvalue weighted by molar-refractivity contribution is 5.87. The van der Waals surface area contributed by atoms with Crippen molar-refractivity contribution in [3.63, 3.8) is 0 Å².